The van der Waals surface area contributed by atoms with Crippen LogP contribution in [0.25, 0.3) is 10.8 Å². The van der Waals surface area contributed by atoms with Crippen LogP contribution < -0.4 is 34.9 Å². The van der Waals surface area contributed by atoms with Crippen LogP contribution >= 0.6 is 0 Å². The number of carbonyl (C=O) groups is 2. The molecule has 0 aromatic heterocycles. The van der Waals surface area contributed by atoms with Crippen molar-refractivity contribution in [1.29, 1.82) is 0 Å². The number of benzene rings is 2. The number of hydrogen-bond acceptors (Lipinski definition) is 13. The molecule has 306 valence electrons. The van der Waals surface area contributed by atoms with Crippen molar-refractivity contribution in [3.8, 4) is 17.2 Å². The van der Waals surface area contributed by atoms with Gasteiger partial charge in [-0.1, -0.05) is 45.9 Å². The molecule has 3 heterocycles. The molecule has 0 spiro atoms. The maximum atomic E-state index is 14.4. The topological polar surface area (TPSA) is 205 Å². The predicted octanol–water partition coefficient (Wildman–Crippen LogP) is 0.975. The van der Waals surface area contributed by atoms with Gasteiger partial charge >= 0.3 is 29.6 Å². The average Bonchev–Trinajstić information content (AvgIpc) is 3.44. The number of amides is 1. The van der Waals surface area contributed by atoms with Crippen molar-refractivity contribution in [1.82, 2.24) is 9.91 Å². The zero-order valence-corrected chi connectivity index (χ0v) is 36.8. The fraction of sp³-hybridized carbons (Fsp3) is 0.548. The van der Waals surface area contributed by atoms with Crippen LogP contribution in [0.2, 0.25) is 0 Å². The van der Waals surface area contributed by atoms with Crippen LogP contribution in [0.15, 0.2) is 41.2 Å². The quantitative estimate of drug-likeness (QED) is 0.101. The Labute approximate surface area is 356 Å². The summed E-state index contributed by atoms with van der Waals surface area (Å²) in [6.07, 6.45) is 5.21. The number of anilines is 1. The van der Waals surface area contributed by atoms with Crippen molar-refractivity contribution in [3.63, 3.8) is 0 Å². The molecule has 6 rings (SSSR count). The van der Waals surface area contributed by atoms with Gasteiger partial charge in [-0.15, -0.1) is 0 Å². The molecule has 15 heteroatoms. The number of likely N-dealkylation sites (N-methyl/N-ethyl adjacent to an activating group) is 1. The minimum absolute atomic E-state index is 0. The number of aliphatic hydroxyl groups is 3. The van der Waals surface area contributed by atoms with Crippen molar-refractivity contribution < 1.29 is 79.3 Å². The van der Waals surface area contributed by atoms with E-state index in [1.54, 1.807) is 71.7 Å². The largest absolute Gasteiger partial charge is 1.00 e. The molecule has 1 saturated heterocycles. The number of rotatable bonds is 3. The summed E-state index contributed by atoms with van der Waals surface area (Å²) in [5, 5.41) is 78.2. The number of allylic oxidation sites excluding steroid dienone is 2. The Bertz CT molecular complexity index is 1960. The number of nitrogens with one attached hydrogen (secondary N) is 1. The SMILES string of the molecule is CO[C@H]1/C=C/O[C@@]2(C)Cc3c(C)c(O)c4c(O)c(c(/C=N\N5CCN(C)CC5)c(O)c4c3C2=O)NC(=O)/C(C)=C/C=C/[C@H](C)[C@H](O)[C@@H](C)[C@@H](O)[C@@H](C)[C@H](O)[C@@H]1C.[Na+]. The standard InChI is InChI=1S/C42H58N4O10.Na/c1-21-11-10-12-22(2)41(54)44-33-28(20-43-46-16-14-45(8)15-17-46)38(51)31-30-27(23(3)37(50)32(31)39(33)52)19-42(7,40(30)53)56-18-13-29(55-9)24(4)35(48)26(6)36(49)25(5)34(21)47;/h10-13,18,20-21,24-26,29,34-36,47-52H,14-17,19H2,1-9H3,(H,44,54);/q;+1/b11-10+,18-13+,22-12+,43-20-;/t21-,24+,25+,26-,29-,34-,35+,36+,42-;/m0./s1. The molecule has 2 aromatic carbocycles. The number of phenolic OH excluding ortho intramolecular Hbond substituents is 3. The molecule has 9 atom stereocenters. The van der Waals surface area contributed by atoms with E-state index in [4.69, 9.17) is 9.47 Å². The van der Waals surface area contributed by atoms with Gasteiger partial charge in [0.05, 0.1) is 53.5 Å². The number of phenols is 3. The number of aliphatic hydroxyl groups excluding tert-OH is 3. The Morgan fingerprint density at radius 3 is 2.14 bits per heavy atom. The minimum atomic E-state index is -1.51. The van der Waals surface area contributed by atoms with E-state index >= 15 is 0 Å². The summed E-state index contributed by atoms with van der Waals surface area (Å²) in [5.74, 6) is -4.89. The minimum Gasteiger partial charge on any atom is -0.507 e. The molecule has 7 N–H and O–H groups in total. The fourth-order valence-corrected chi connectivity index (χ4v) is 7.98. The number of carbonyl (C=O) groups excluding carboxylic acids is 2. The van der Waals surface area contributed by atoms with Gasteiger partial charge in [-0.2, -0.15) is 5.10 Å². The van der Waals surface area contributed by atoms with E-state index < -0.39 is 76.9 Å². The molecular weight excluding hydrogens is 743 g/mol. The van der Waals surface area contributed by atoms with E-state index in [0.29, 0.717) is 24.2 Å². The number of ketones is 1. The third-order valence-electron chi connectivity index (χ3n) is 12.1. The summed E-state index contributed by atoms with van der Waals surface area (Å²) in [7, 11) is 3.47. The summed E-state index contributed by atoms with van der Waals surface area (Å²) in [4.78, 5) is 30.3. The summed E-state index contributed by atoms with van der Waals surface area (Å²) in [6.45, 7) is 14.3. The van der Waals surface area contributed by atoms with Gasteiger partial charge < -0.3 is 50.3 Å². The Hall–Kier alpha value is -3.47. The van der Waals surface area contributed by atoms with E-state index in [-0.39, 0.29) is 74.9 Å². The number of hydrazone groups is 1. The molecule has 2 aromatic rings. The van der Waals surface area contributed by atoms with Crippen molar-refractivity contribution in [3.05, 3.63) is 58.4 Å². The number of methoxy groups -OCH3 is 1. The fourth-order valence-electron chi connectivity index (χ4n) is 7.98. The maximum Gasteiger partial charge on any atom is 1.00 e. The third kappa shape index (κ3) is 9.08. The van der Waals surface area contributed by atoms with Crippen LogP contribution in [0.4, 0.5) is 5.69 Å². The van der Waals surface area contributed by atoms with Gasteiger partial charge in [-0.25, -0.2) is 0 Å². The second kappa shape index (κ2) is 18.6. The number of ether oxygens (including phenoxy) is 2. The summed E-state index contributed by atoms with van der Waals surface area (Å²) in [6, 6.07) is 0. The number of piperazine rings is 1. The molecule has 5 bridgehead atoms. The van der Waals surface area contributed by atoms with Crippen molar-refractivity contribution >= 4 is 34.4 Å². The molecule has 1 aliphatic carbocycles. The molecule has 1 fully saturated rings. The Kier molecular flexibility index (Phi) is 15.1. The van der Waals surface area contributed by atoms with E-state index in [0.717, 1.165) is 13.1 Å². The van der Waals surface area contributed by atoms with Gasteiger partial charge in [0.2, 0.25) is 5.78 Å². The second-order valence-corrected chi connectivity index (χ2v) is 16.0. The normalized spacial score (nSPS) is 32.8. The molecule has 0 radical (unpaired) electrons. The summed E-state index contributed by atoms with van der Waals surface area (Å²) >= 11 is 0. The third-order valence-corrected chi connectivity index (χ3v) is 12.1. The number of fused-ring (bicyclic) bond motifs is 14. The van der Waals surface area contributed by atoms with Crippen molar-refractivity contribution in [2.45, 2.75) is 84.9 Å². The first-order valence-corrected chi connectivity index (χ1v) is 19.2. The van der Waals surface area contributed by atoms with Crippen LogP contribution in [0.3, 0.4) is 0 Å². The van der Waals surface area contributed by atoms with Crippen LogP contribution in [0.5, 0.6) is 17.2 Å². The van der Waals surface area contributed by atoms with Crippen LogP contribution in [-0.2, 0) is 20.7 Å². The van der Waals surface area contributed by atoms with Gasteiger partial charge in [0, 0.05) is 79.9 Å². The molecule has 0 unspecified atom stereocenters. The summed E-state index contributed by atoms with van der Waals surface area (Å²) < 4.78 is 11.8. The number of hydrogen-bond donors (Lipinski definition) is 7. The van der Waals surface area contributed by atoms with E-state index in [9.17, 15) is 40.2 Å². The molecule has 4 aliphatic rings. The van der Waals surface area contributed by atoms with Crippen LogP contribution in [0, 0.1) is 30.6 Å². The van der Waals surface area contributed by atoms with Gasteiger partial charge in [0.15, 0.2) is 11.4 Å². The number of nitrogens with zero attached hydrogens (tertiary/aromatic N) is 3. The zero-order valence-electron chi connectivity index (χ0n) is 34.8. The maximum absolute atomic E-state index is 14.4. The van der Waals surface area contributed by atoms with E-state index in [2.05, 4.69) is 15.3 Å². The predicted molar refractivity (Wildman–Crippen MR) is 214 cm³/mol. The number of Topliss-reactive ketones (excluding diaryl/α,β-unsaturated/α-hetero) is 1. The Balaban J connectivity index is 0.00000720. The first kappa shape index (κ1) is 46.2. The van der Waals surface area contributed by atoms with Gasteiger partial charge in [0.25, 0.3) is 5.91 Å². The Morgan fingerprint density at radius 1 is 0.895 bits per heavy atom. The van der Waals surface area contributed by atoms with Crippen LogP contribution in [-0.4, -0.2) is 129 Å². The first-order valence-electron chi connectivity index (χ1n) is 19.2. The monoisotopic (exact) mass is 801 g/mol. The van der Waals surface area contributed by atoms with Crippen molar-refractivity contribution in [2.24, 2.45) is 28.8 Å². The zero-order chi connectivity index (χ0) is 41.4. The first-order chi connectivity index (χ1) is 26.3. The van der Waals surface area contributed by atoms with E-state index in [1.165, 1.54) is 25.7 Å². The molecule has 57 heavy (non-hydrogen) atoms. The molecule has 0 saturated carbocycles. The van der Waals surface area contributed by atoms with Gasteiger partial charge in [-0.3, -0.25) is 14.6 Å². The van der Waals surface area contributed by atoms with Gasteiger partial charge in [-0.05, 0) is 45.0 Å². The average molecular weight is 802 g/mol. The number of aromatic hydroxyl groups is 3. The molecular formula is C42H58N4NaO10+. The Morgan fingerprint density at radius 2 is 1.51 bits per heavy atom. The summed E-state index contributed by atoms with van der Waals surface area (Å²) in [5.41, 5.74) is -0.823. The molecule has 3 aliphatic heterocycles. The molecule has 1 amide bonds. The van der Waals surface area contributed by atoms with Crippen LogP contribution in [0.1, 0.15) is 68.6 Å². The van der Waals surface area contributed by atoms with Gasteiger partial charge in [0.1, 0.15) is 11.5 Å². The van der Waals surface area contributed by atoms with Crippen molar-refractivity contribution in [2.75, 3.05) is 45.7 Å². The molecule has 14 nitrogen and oxygen atoms in total. The van der Waals surface area contributed by atoms with E-state index in [1.807, 2.05) is 7.05 Å². The smallest absolute Gasteiger partial charge is 0.507 e. The second-order valence-electron chi connectivity index (χ2n) is 16.0.